The number of rotatable bonds is 7. The van der Waals surface area contributed by atoms with Crippen LogP contribution in [0.15, 0.2) is 30.3 Å². The van der Waals surface area contributed by atoms with Crippen molar-refractivity contribution in [3.8, 4) is 0 Å². The molecule has 3 rings (SSSR count). The highest BCUT2D eigenvalue weighted by atomic mass is 32.1. The molecule has 3 aromatic rings. The lowest BCUT2D eigenvalue weighted by atomic mass is 10.1. The number of esters is 1. The van der Waals surface area contributed by atoms with Crippen LogP contribution in [-0.2, 0) is 11.3 Å². The number of aryl methyl sites for hydroxylation is 1. The Morgan fingerprint density at radius 2 is 2.07 bits per heavy atom. The molecule has 0 spiro atoms. The van der Waals surface area contributed by atoms with Crippen LogP contribution < -0.4 is 16.8 Å². The summed E-state index contributed by atoms with van der Waals surface area (Å²) in [6, 6.07) is 8.64. The lowest BCUT2D eigenvalue weighted by Crippen LogP contribution is -2.26. The van der Waals surface area contributed by atoms with Crippen LogP contribution in [0.2, 0.25) is 0 Å². The van der Waals surface area contributed by atoms with Gasteiger partial charge in [-0.15, -0.1) is 0 Å². The summed E-state index contributed by atoms with van der Waals surface area (Å²) in [4.78, 5) is 28.9. The van der Waals surface area contributed by atoms with Crippen LogP contribution in [0.4, 0.5) is 10.8 Å². The topological polar surface area (TPSA) is 138 Å². The molecule has 0 radical (unpaired) electrons. The average molecular weight is 429 g/mol. The molecule has 0 aliphatic rings. The first-order valence-electron chi connectivity index (χ1n) is 9.41. The number of amides is 1. The van der Waals surface area contributed by atoms with Gasteiger partial charge in [0.15, 0.2) is 5.69 Å². The maximum absolute atomic E-state index is 12.7. The third kappa shape index (κ3) is 4.77. The highest BCUT2D eigenvalue weighted by molar-refractivity contribution is 7.16. The van der Waals surface area contributed by atoms with Crippen LogP contribution in [0.25, 0.3) is 0 Å². The maximum atomic E-state index is 12.7. The minimum atomic E-state index is -0.571. The average Bonchev–Trinajstić information content (AvgIpc) is 3.24. The molecule has 158 valence electrons. The van der Waals surface area contributed by atoms with Crippen molar-refractivity contribution in [2.24, 2.45) is 0 Å². The molecule has 5 N–H and O–H groups in total. The number of benzene rings is 1. The summed E-state index contributed by atoms with van der Waals surface area (Å²) < 4.78 is 6.73. The summed E-state index contributed by atoms with van der Waals surface area (Å²) in [5.41, 5.74) is 14.1. The molecular formula is C20H24N6O3S. The Kier molecular flexibility index (Phi) is 6.36. The van der Waals surface area contributed by atoms with Gasteiger partial charge in [0, 0.05) is 17.3 Å². The minimum Gasteiger partial charge on any atom is -0.461 e. The largest absolute Gasteiger partial charge is 0.461 e. The van der Waals surface area contributed by atoms with Crippen LogP contribution in [0.1, 0.15) is 57.0 Å². The van der Waals surface area contributed by atoms with E-state index in [1.165, 1.54) is 0 Å². The van der Waals surface area contributed by atoms with Gasteiger partial charge < -0.3 is 21.5 Å². The molecule has 0 fully saturated rings. The number of nitrogens with one attached hydrogen (secondary N) is 1. The molecule has 9 nitrogen and oxygen atoms in total. The molecule has 1 unspecified atom stereocenters. The second-order valence-electron chi connectivity index (χ2n) is 6.75. The Balaban J connectivity index is 1.71. The van der Waals surface area contributed by atoms with Gasteiger partial charge >= 0.3 is 5.97 Å². The van der Waals surface area contributed by atoms with Crippen LogP contribution in [0.5, 0.6) is 0 Å². The summed E-state index contributed by atoms with van der Waals surface area (Å²) in [6.45, 7) is 6.15. The number of hydrogen-bond donors (Lipinski definition) is 3. The zero-order chi connectivity index (χ0) is 21.8. The third-order valence-corrected chi connectivity index (χ3v) is 5.45. The van der Waals surface area contributed by atoms with Crippen molar-refractivity contribution in [1.29, 1.82) is 0 Å². The van der Waals surface area contributed by atoms with Crippen molar-refractivity contribution in [3.05, 3.63) is 57.9 Å². The molecular weight excluding hydrogens is 404 g/mol. The first-order valence-corrected chi connectivity index (χ1v) is 10.2. The Morgan fingerprint density at radius 3 is 2.73 bits per heavy atom. The van der Waals surface area contributed by atoms with Gasteiger partial charge in [0.2, 0.25) is 0 Å². The fraction of sp³-hybridized carbons (Fsp3) is 0.300. The van der Waals surface area contributed by atoms with Crippen molar-refractivity contribution < 1.29 is 14.3 Å². The van der Waals surface area contributed by atoms with Gasteiger partial charge in [-0.05, 0) is 38.5 Å². The Morgan fingerprint density at radius 1 is 1.30 bits per heavy atom. The summed E-state index contributed by atoms with van der Waals surface area (Å²) >= 11 is 1.15. The number of nitrogens with zero attached hydrogens (tertiary/aromatic N) is 3. The summed E-state index contributed by atoms with van der Waals surface area (Å²) in [7, 11) is 0. The molecule has 0 aliphatic carbocycles. The molecule has 30 heavy (non-hydrogen) atoms. The number of hydrogen-bond acceptors (Lipinski definition) is 8. The number of aromatic nitrogens is 3. The smallest absolute Gasteiger partial charge is 0.360 e. The van der Waals surface area contributed by atoms with E-state index in [-0.39, 0.29) is 23.2 Å². The molecule has 0 aliphatic heterocycles. The molecule has 2 heterocycles. The van der Waals surface area contributed by atoms with Gasteiger partial charge in [-0.25, -0.2) is 9.78 Å². The van der Waals surface area contributed by atoms with Crippen molar-refractivity contribution >= 4 is 34.0 Å². The third-order valence-electron chi connectivity index (χ3n) is 4.38. The fourth-order valence-corrected chi connectivity index (χ4v) is 3.72. The molecule has 0 saturated carbocycles. The Labute approximate surface area is 178 Å². The van der Waals surface area contributed by atoms with Gasteiger partial charge in [0.1, 0.15) is 15.8 Å². The van der Waals surface area contributed by atoms with E-state index in [9.17, 15) is 9.59 Å². The van der Waals surface area contributed by atoms with E-state index in [2.05, 4.69) is 15.4 Å². The SMILES string of the molecule is CCOC(=O)c1nc(C(C)NC(=O)c2cccc(Cn3nc(N)cc3C)c2)sc1N. The first-order chi connectivity index (χ1) is 14.3. The van der Waals surface area contributed by atoms with Gasteiger partial charge in [0.05, 0.1) is 19.2 Å². The fourth-order valence-electron chi connectivity index (χ4n) is 2.90. The van der Waals surface area contributed by atoms with E-state index < -0.39 is 12.0 Å². The van der Waals surface area contributed by atoms with Crippen molar-refractivity contribution in [2.75, 3.05) is 18.1 Å². The van der Waals surface area contributed by atoms with E-state index in [1.54, 1.807) is 36.7 Å². The van der Waals surface area contributed by atoms with Gasteiger partial charge in [0.25, 0.3) is 5.91 Å². The van der Waals surface area contributed by atoms with Crippen molar-refractivity contribution in [1.82, 2.24) is 20.1 Å². The molecule has 10 heteroatoms. The van der Waals surface area contributed by atoms with E-state index in [0.29, 0.717) is 22.9 Å². The lowest BCUT2D eigenvalue weighted by Gasteiger charge is -2.12. The first kappa shape index (κ1) is 21.3. The zero-order valence-corrected chi connectivity index (χ0v) is 17.8. The predicted octanol–water partition coefficient (Wildman–Crippen LogP) is 2.53. The molecule has 2 aromatic heterocycles. The number of anilines is 2. The highest BCUT2D eigenvalue weighted by Crippen LogP contribution is 2.27. The van der Waals surface area contributed by atoms with Gasteiger partial charge in [-0.2, -0.15) is 5.10 Å². The van der Waals surface area contributed by atoms with Gasteiger partial charge in [-0.3, -0.25) is 9.48 Å². The molecule has 1 amide bonds. The van der Waals surface area contributed by atoms with Crippen LogP contribution in [0, 0.1) is 6.92 Å². The van der Waals surface area contributed by atoms with Crippen LogP contribution in [0.3, 0.4) is 0 Å². The Bertz CT molecular complexity index is 1070. The minimum absolute atomic E-state index is 0.0776. The Hall–Kier alpha value is -3.40. The zero-order valence-electron chi connectivity index (χ0n) is 17.0. The number of nitrogens with two attached hydrogens (primary N) is 2. The number of nitrogen functional groups attached to an aromatic ring is 2. The standard InChI is InChI=1S/C20H24N6O3S/c1-4-29-20(28)16-17(22)30-19(24-16)12(3)23-18(27)14-7-5-6-13(9-14)10-26-11(2)8-15(21)25-26/h5-9,12H,4,10,22H2,1-3H3,(H2,21,25)(H,23,27). The number of carbonyl (C=O) groups excluding carboxylic acids is 2. The van der Waals surface area contributed by atoms with E-state index in [0.717, 1.165) is 22.6 Å². The van der Waals surface area contributed by atoms with Crippen molar-refractivity contribution in [2.45, 2.75) is 33.4 Å². The summed E-state index contributed by atoms with van der Waals surface area (Å²) in [5.74, 6) is -0.370. The number of carbonyl (C=O) groups is 2. The summed E-state index contributed by atoms with van der Waals surface area (Å²) in [5, 5.41) is 7.93. The van der Waals surface area contributed by atoms with Gasteiger partial charge in [-0.1, -0.05) is 23.5 Å². The maximum Gasteiger partial charge on any atom is 0.360 e. The van der Waals surface area contributed by atoms with Crippen LogP contribution >= 0.6 is 11.3 Å². The molecule has 1 aromatic carbocycles. The number of ether oxygens (including phenoxy) is 1. The normalized spacial score (nSPS) is 11.8. The highest BCUT2D eigenvalue weighted by Gasteiger charge is 2.21. The van der Waals surface area contributed by atoms with E-state index in [1.807, 2.05) is 19.1 Å². The molecule has 0 bridgehead atoms. The van der Waals surface area contributed by atoms with Crippen molar-refractivity contribution in [3.63, 3.8) is 0 Å². The lowest BCUT2D eigenvalue weighted by molar-refractivity contribution is 0.0521. The number of thiazole rings is 1. The summed E-state index contributed by atoms with van der Waals surface area (Å²) in [6.07, 6.45) is 0. The van der Waals surface area contributed by atoms with E-state index in [4.69, 9.17) is 16.2 Å². The quantitative estimate of drug-likeness (QED) is 0.492. The second kappa shape index (κ2) is 8.95. The predicted molar refractivity (Wildman–Crippen MR) is 115 cm³/mol. The van der Waals surface area contributed by atoms with E-state index >= 15 is 0 Å². The van der Waals surface area contributed by atoms with Crippen LogP contribution in [-0.4, -0.2) is 33.2 Å². The second-order valence-corrected chi connectivity index (χ2v) is 7.81. The molecule has 1 atom stereocenters. The molecule has 0 saturated heterocycles. The monoisotopic (exact) mass is 428 g/mol.